The Morgan fingerprint density at radius 2 is 1.86 bits per heavy atom. The SMILES string of the molecule is C=CCOS(=O)(=O)c1ccccc1.[KH]. The van der Waals surface area contributed by atoms with E-state index in [4.69, 9.17) is 0 Å². The van der Waals surface area contributed by atoms with E-state index >= 15 is 0 Å². The van der Waals surface area contributed by atoms with Crippen molar-refractivity contribution in [3.8, 4) is 0 Å². The van der Waals surface area contributed by atoms with E-state index in [0.717, 1.165) is 0 Å². The van der Waals surface area contributed by atoms with Crippen LogP contribution in [0.15, 0.2) is 47.9 Å². The van der Waals surface area contributed by atoms with Gasteiger partial charge in [-0.15, -0.1) is 6.58 Å². The first kappa shape index (κ1) is 14.5. The molecule has 3 nitrogen and oxygen atoms in total. The molecule has 0 spiro atoms. The van der Waals surface area contributed by atoms with Crippen LogP contribution in [0.3, 0.4) is 0 Å². The Morgan fingerprint density at radius 3 is 2.36 bits per heavy atom. The van der Waals surface area contributed by atoms with Gasteiger partial charge < -0.3 is 0 Å². The Hall–Kier alpha value is 0.506. The molecule has 0 bridgehead atoms. The van der Waals surface area contributed by atoms with Gasteiger partial charge in [-0.1, -0.05) is 24.3 Å². The molecule has 0 N–H and O–H groups in total. The van der Waals surface area contributed by atoms with Gasteiger partial charge >= 0.3 is 51.4 Å². The standard InChI is InChI=1S/C9H10O3S.K.H/c1-2-8-12-13(10,11)9-6-4-3-5-7-9;;/h2-7H,1,8H2;;. The maximum atomic E-state index is 11.3. The topological polar surface area (TPSA) is 43.4 Å². The Kier molecular flexibility index (Phi) is 7.14. The van der Waals surface area contributed by atoms with Crippen molar-refractivity contribution >= 4 is 61.5 Å². The normalized spacial score (nSPS) is 10.3. The molecule has 0 aliphatic heterocycles. The fourth-order valence-electron chi connectivity index (χ4n) is 0.793. The summed E-state index contributed by atoms with van der Waals surface area (Å²) in [5.41, 5.74) is 0. The molecule has 0 radical (unpaired) electrons. The van der Waals surface area contributed by atoms with Gasteiger partial charge in [-0.25, -0.2) is 0 Å². The predicted octanol–water partition coefficient (Wildman–Crippen LogP) is 0.929. The molecule has 0 saturated heterocycles. The third kappa shape index (κ3) is 4.35. The second-order valence-electron chi connectivity index (χ2n) is 2.34. The van der Waals surface area contributed by atoms with Crippen molar-refractivity contribution < 1.29 is 12.6 Å². The average molecular weight is 238 g/mol. The van der Waals surface area contributed by atoms with Crippen LogP contribution in [0.2, 0.25) is 0 Å². The van der Waals surface area contributed by atoms with Crippen molar-refractivity contribution in [3.63, 3.8) is 0 Å². The van der Waals surface area contributed by atoms with Gasteiger partial charge in [0.2, 0.25) is 0 Å². The predicted molar refractivity (Wildman–Crippen MR) is 56.9 cm³/mol. The van der Waals surface area contributed by atoms with Crippen LogP contribution >= 0.6 is 0 Å². The van der Waals surface area contributed by atoms with Crippen molar-refractivity contribution in [1.82, 2.24) is 0 Å². The van der Waals surface area contributed by atoms with Crippen molar-refractivity contribution in [1.29, 1.82) is 0 Å². The van der Waals surface area contributed by atoms with Crippen LogP contribution in [-0.4, -0.2) is 66.4 Å². The van der Waals surface area contributed by atoms with Gasteiger partial charge in [-0.05, 0) is 12.1 Å². The summed E-state index contributed by atoms with van der Waals surface area (Å²) in [4.78, 5) is 0.164. The second kappa shape index (κ2) is 6.89. The van der Waals surface area contributed by atoms with E-state index in [1.165, 1.54) is 18.2 Å². The summed E-state index contributed by atoms with van der Waals surface area (Å²) in [7, 11) is -3.59. The third-order valence-electron chi connectivity index (χ3n) is 1.37. The number of hydrogen-bond donors (Lipinski definition) is 0. The first-order chi connectivity index (χ1) is 6.17. The molecule has 1 rings (SSSR count). The molecule has 0 aromatic heterocycles. The molecule has 5 heteroatoms. The van der Waals surface area contributed by atoms with Crippen LogP contribution in [0.1, 0.15) is 0 Å². The molecular formula is C9H11KO3S. The minimum atomic E-state index is -3.59. The van der Waals surface area contributed by atoms with Crippen molar-refractivity contribution in [3.05, 3.63) is 43.0 Å². The van der Waals surface area contributed by atoms with E-state index in [-0.39, 0.29) is 62.9 Å². The van der Waals surface area contributed by atoms with Crippen LogP contribution in [0.5, 0.6) is 0 Å². The number of rotatable bonds is 4. The van der Waals surface area contributed by atoms with E-state index in [1.807, 2.05) is 0 Å². The molecule has 0 aliphatic carbocycles. The van der Waals surface area contributed by atoms with Gasteiger partial charge in [0.05, 0.1) is 11.5 Å². The van der Waals surface area contributed by atoms with Crippen LogP contribution in [-0.2, 0) is 14.3 Å². The Morgan fingerprint density at radius 1 is 1.29 bits per heavy atom. The third-order valence-corrected chi connectivity index (χ3v) is 2.67. The van der Waals surface area contributed by atoms with Gasteiger partial charge in [0.15, 0.2) is 0 Å². The van der Waals surface area contributed by atoms with Crippen molar-refractivity contribution in [2.24, 2.45) is 0 Å². The Balaban J connectivity index is 0.00000169. The summed E-state index contributed by atoms with van der Waals surface area (Å²) in [6, 6.07) is 8.00. The zero-order chi connectivity index (χ0) is 9.73. The summed E-state index contributed by atoms with van der Waals surface area (Å²) < 4.78 is 27.3. The van der Waals surface area contributed by atoms with Crippen LogP contribution in [0.25, 0.3) is 0 Å². The monoisotopic (exact) mass is 238 g/mol. The number of benzene rings is 1. The minimum absolute atomic E-state index is 0. The molecule has 0 heterocycles. The van der Waals surface area contributed by atoms with Gasteiger partial charge in [0, 0.05) is 0 Å². The molecule has 0 fully saturated rings. The van der Waals surface area contributed by atoms with E-state index in [9.17, 15) is 8.42 Å². The van der Waals surface area contributed by atoms with E-state index in [0.29, 0.717) is 0 Å². The molecule has 1 aromatic carbocycles. The quantitative estimate of drug-likeness (QED) is 0.445. The molecule has 0 saturated carbocycles. The fraction of sp³-hybridized carbons (Fsp3) is 0.111. The van der Waals surface area contributed by atoms with Gasteiger partial charge in [0.1, 0.15) is 0 Å². The summed E-state index contributed by atoms with van der Waals surface area (Å²) in [5, 5.41) is 0. The molecule has 14 heavy (non-hydrogen) atoms. The van der Waals surface area contributed by atoms with Crippen LogP contribution in [0.4, 0.5) is 0 Å². The van der Waals surface area contributed by atoms with E-state index < -0.39 is 10.1 Å². The molecule has 72 valence electrons. The van der Waals surface area contributed by atoms with E-state index in [1.54, 1.807) is 18.2 Å². The van der Waals surface area contributed by atoms with Gasteiger partial charge in [0.25, 0.3) is 10.1 Å². The molecule has 0 aliphatic rings. The first-order valence-corrected chi connectivity index (χ1v) is 5.13. The number of hydrogen-bond acceptors (Lipinski definition) is 3. The maximum absolute atomic E-state index is 11.3. The van der Waals surface area contributed by atoms with Crippen LogP contribution < -0.4 is 0 Å². The van der Waals surface area contributed by atoms with Crippen molar-refractivity contribution in [2.45, 2.75) is 4.90 Å². The molecule has 0 amide bonds. The zero-order valence-electron chi connectivity index (χ0n) is 7.01. The molecular weight excluding hydrogens is 227 g/mol. The van der Waals surface area contributed by atoms with Gasteiger partial charge in [-0.3, -0.25) is 4.18 Å². The Bertz CT molecular complexity index is 372. The summed E-state index contributed by atoms with van der Waals surface area (Å²) in [5.74, 6) is 0. The van der Waals surface area contributed by atoms with Gasteiger partial charge in [-0.2, -0.15) is 8.42 Å². The second-order valence-corrected chi connectivity index (χ2v) is 3.96. The Labute approximate surface area is 127 Å². The summed E-state index contributed by atoms with van der Waals surface area (Å²) in [6.07, 6.45) is 1.39. The summed E-state index contributed by atoms with van der Waals surface area (Å²) in [6.45, 7) is 3.37. The zero-order valence-corrected chi connectivity index (χ0v) is 7.83. The molecule has 0 atom stereocenters. The van der Waals surface area contributed by atoms with Crippen molar-refractivity contribution in [2.75, 3.05) is 6.61 Å². The first-order valence-electron chi connectivity index (χ1n) is 3.72. The molecule has 1 aromatic rings. The van der Waals surface area contributed by atoms with Crippen LogP contribution in [0, 0.1) is 0 Å². The molecule has 0 unspecified atom stereocenters. The van der Waals surface area contributed by atoms with E-state index in [2.05, 4.69) is 10.8 Å². The average Bonchev–Trinajstić information content (AvgIpc) is 2.16. The fourth-order valence-corrected chi connectivity index (χ4v) is 1.69. The summed E-state index contributed by atoms with van der Waals surface area (Å²) >= 11 is 0.